The lowest BCUT2D eigenvalue weighted by molar-refractivity contribution is 0.187. The summed E-state index contributed by atoms with van der Waals surface area (Å²) >= 11 is 1.71. The SMILES string of the molecule is CN1N=C2C(c3cccs3)=CC=C(c3ccccn3)N2N1. The van der Waals surface area contributed by atoms with Gasteiger partial charge in [-0.2, -0.15) is 0 Å². The van der Waals surface area contributed by atoms with Crippen LogP contribution in [0.15, 0.2) is 59.2 Å². The summed E-state index contributed by atoms with van der Waals surface area (Å²) in [5.74, 6) is 0.892. The van der Waals surface area contributed by atoms with E-state index in [2.05, 4.69) is 45.3 Å². The number of hydrogen-bond acceptors (Lipinski definition) is 6. The minimum absolute atomic E-state index is 0.892. The van der Waals surface area contributed by atoms with E-state index in [0.717, 1.165) is 22.8 Å². The number of pyridine rings is 1. The van der Waals surface area contributed by atoms with Gasteiger partial charge >= 0.3 is 0 Å². The molecular weight excluding hydrogens is 282 g/mol. The third-order valence-corrected chi connectivity index (χ3v) is 4.21. The number of rotatable bonds is 2. The first-order chi connectivity index (χ1) is 10.3. The lowest BCUT2D eigenvalue weighted by Crippen LogP contribution is -2.41. The Bertz CT molecular complexity index is 746. The lowest BCUT2D eigenvalue weighted by Gasteiger charge is -2.26. The monoisotopic (exact) mass is 295 g/mol. The fourth-order valence-corrected chi connectivity index (χ4v) is 3.14. The summed E-state index contributed by atoms with van der Waals surface area (Å²) < 4.78 is 0. The fraction of sp³-hybridized carbons (Fsp3) is 0.0667. The molecule has 2 aliphatic rings. The molecule has 2 aromatic rings. The topological polar surface area (TPSA) is 43.8 Å². The van der Waals surface area contributed by atoms with Crippen LogP contribution < -0.4 is 5.53 Å². The number of hydrazone groups is 1. The largest absolute Gasteiger partial charge is 0.255 e. The molecule has 2 aliphatic heterocycles. The van der Waals surface area contributed by atoms with E-state index in [1.54, 1.807) is 22.7 Å². The molecule has 0 saturated carbocycles. The van der Waals surface area contributed by atoms with Gasteiger partial charge in [0, 0.05) is 23.7 Å². The number of amidine groups is 1. The second kappa shape index (κ2) is 4.83. The summed E-state index contributed by atoms with van der Waals surface area (Å²) in [4.78, 5) is 5.63. The predicted octanol–water partition coefficient (Wildman–Crippen LogP) is 2.56. The van der Waals surface area contributed by atoms with Crippen LogP contribution in [0.4, 0.5) is 0 Å². The highest BCUT2D eigenvalue weighted by molar-refractivity contribution is 7.11. The van der Waals surface area contributed by atoms with Gasteiger partial charge in [-0.05, 0) is 35.7 Å². The van der Waals surface area contributed by atoms with Gasteiger partial charge in [0.2, 0.25) is 0 Å². The number of nitrogens with zero attached hydrogens (tertiary/aromatic N) is 4. The molecule has 0 aromatic carbocycles. The number of aromatic nitrogens is 1. The van der Waals surface area contributed by atoms with Crippen molar-refractivity contribution in [3.05, 3.63) is 64.6 Å². The van der Waals surface area contributed by atoms with Gasteiger partial charge in [-0.25, -0.2) is 10.1 Å². The van der Waals surface area contributed by atoms with E-state index in [0.29, 0.717) is 0 Å². The molecule has 0 unspecified atom stereocenters. The molecule has 4 rings (SSSR count). The maximum absolute atomic E-state index is 4.56. The first-order valence-corrected chi connectivity index (χ1v) is 7.47. The lowest BCUT2D eigenvalue weighted by atomic mass is 10.1. The molecule has 0 fully saturated rings. The Balaban J connectivity index is 1.83. The molecule has 0 saturated heterocycles. The highest BCUT2D eigenvalue weighted by Crippen LogP contribution is 2.32. The minimum atomic E-state index is 0.892. The molecule has 104 valence electrons. The summed E-state index contributed by atoms with van der Waals surface area (Å²) in [6.45, 7) is 0. The molecule has 5 nitrogen and oxygen atoms in total. The maximum atomic E-state index is 4.56. The summed E-state index contributed by atoms with van der Waals surface area (Å²) in [5.41, 5.74) is 6.22. The Kier molecular flexibility index (Phi) is 2.83. The van der Waals surface area contributed by atoms with E-state index < -0.39 is 0 Å². The normalized spacial score (nSPS) is 17.3. The summed E-state index contributed by atoms with van der Waals surface area (Å²) in [6, 6.07) is 10.1. The molecule has 6 heteroatoms. The van der Waals surface area contributed by atoms with Crippen molar-refractivity contribution in [1.29, 1.82) is 0 Å². The minimum Gasteiger partial charge on any atom is -0.255 e. The maximum Gasteiger partial charge on any atom is 0.179 e. The highest BCUT2D eigenvalue weighted by Gasteiger charge is 2.31. The molecule has 0 amide bonds. The molecule has 21 heavy (non-hydrogen) atoms. The van der Waals surface area contributed by atoms with Gasteiger partial charge in [-0.1, -0.05) is 12.1 Å². The van der Waals surface area contributed by atoms with Crippen LogP contribution in [0.5, 0.6) is 0 Å². The molecule has 0 radical (unpaired) electrons. The second-order valence-corrected chi connectivity index (χ2v) is 5.65. The number of nitrogens with one attached hydrogen (secondary N) is 1. The average Bonchev–Trinajstić information content (AvgIpc) is 3.15. The van der Waals surface area contributed by atoms with Crippen molar-refractivity contribution in [3.63, 3.8) is 0 Å². The van der Waals surface area contributed by atoms with Crippen LogP contribution in [0.25, 0.3) is 11.3 Å². The molecule has 0 atom stereocenters. The zero-order valence-corrected chi connectivity index (χ0v) is 12.2. The van der Waals surface area contributed by atoms with Crippen molar-refractivity contribution < 1.29 is 0 Å². The number of hydrazine groups is 2. The van der Waals surface area contributed by atoms with Crippen LogP contribution >= 0.6 is 11.3 Å². The second-order valence-electron chi connectivity index (χ2n) is 4.71. The standard InChI is InChI=1S/C15H13N5S/c1-19-17-15-11(14-6-4-10-21-14)7-8-13(20(15)18-19)12-5-2-3-9-16-12/h2-10,18H,1H3. The van der Waals surface area contributed by atoms with Crippen molar-refractivity contribution >= 4 is 28.4 Å². The molecular formula is C15H13N5S. The van der Waals surface area contributed by atoms with E-state index in [1.807, 2.05) is 30.3 Å². The number of allylic oxidation sites excluding steroid dienone is 2. The van der Waals surface area contributed by atoms with Gasteiger partial charge in [0.05, 0.1) is 11.4 Å². The van der Waals surface area contributed by atoms with Gasteiger partial charge in [0.25, 0.3) is 0 Å². The Labute approximate surface area is 126 Å². The zero-order chi connectivity index (χ0) is 14.2. The highest BCUT2D eigenvalue weighted by atomic mass is 32.1. The number of thiophene rings is 1. The third kappa shape index (κ3) is 2.05. The Morgan fingerprint density at radius 1 is 1.14 bits per heavy atom. The average molecular weight is 295 g/mol. The van der Waals surface area contributed by atoms with E-state index in [1.165, 1.54) is 4.88 Å². The van der Waals surface area contributed by atoms with Crippen LogP contribution in [0.3, 0.4) is 0 Å². The van der Waals surface area contributed by atoms with Gasteiger partial charge in [0.15, 0.2) is 5.84 Å². The Morgan fingerprint density at radius 3 is 2.86 bits per heavy atom. The van der Waals surface area contributed by atoms with Crippen LogP contribution in [-0.4, -0.2) is 28.0 Å². The van der Waals surface area contributed by atoms with Crippen molar-refractivity contribution in [2.75, 3.05) is 7.05 Å². The summed E-state index contributed by atoms with van der Waals surface area (Å²) in [5, 5.41) is 10.3. The first-order valence-electron chi connectivity index (χ1n) is 6.59. The molecule has 0 bridgehead atoms. The fourth-order valence-electron chi connectivity index (χ4n) is 2.39. The van der Waals surface area contributed by atoms with Crippen LogP contribution in [0.2, 0.25) is 0 Å². The van der Waals surface area contributed by atoms with Gasteiger partial charge in [-0.3, -0.25) is 4.98 Å². The zero-order valence-electron chi connectivity index (χ0n) is 11.4. The summed E-state index contributed by atoms with van der Waals surface area (Å²) in [6.07, 6.45) is 5.97. The number of hydrogen-bond donors (Lipinski definition) is 1. The van der Waals surface area contributed by atoms with Crippen molar-refractivity contribution in [2.24, 2.45) is 5.10 Å². The Morgan fingerprint density at radius 2 is 2.10 bits per heavy atom. The quantitative estimate of drug-likeness (QED) is 0.925. The van der Waals surface area contributed by atoms with Crippen molar-refractivity contribution in [2.45, 2.75) is 0 Å². The molecule has 1 N–H and O–H groups in total. The Hall–Kier alpha value is -2.44. The van der Waals surface area contributed by atoms with Crippen molar-refractivity contribution in [3.8, 4) is 0 Å². The van der Waals surface area contributed by atoms with Crippen LogP contribution in [0.1, 0.15) is 10.6 Å². The van der Waals surface area contributed by atoms with Gasteiger partial charge in [-0.15, -0.1) is 22.0 Å². The van der Waals surface area contributed by atoms with Crippen molar-refractivity contribution in [1.82, 2.24) is 20.6 Å². The van der Waals surface area contributed by atoms with Gasteiger partial charge in [0.1, 0.15) is 0 Å². The van der Waals surface area contributed by atoms with Crippen LogP contribution in [-0.2, 0) is 0 Å². The predicted molar refractivity (Wildman–Crippen MR) is 84.7 cm³/mol. The van der Waals surface area contributed by atoms with E-state index in [9.17, 15) is 0 Å². The molecule has 2 aromatic heterocycles. The molecule has 0 spiro atoms. The van der Waals surface area contributed by atoms with Crippen LogP contribution in [0, 0.1) is 0 Å². The number of fused-ring (bicyclic) bond motifs is 1. The smallest absolute Gasteiger partial charge is 0.179 e. The third-order valence-electron chi connectivity index (χ3n) is 3.30. The molecule has 4 heterocycles. The van der Waals surface area contributed by atoms with E-state index in [4.69, 9.17) is 0 Å². The first kappa shape index (κ1) is 12.3. The summed E-state index contributed by atoms with van der Waals surface area (Å²) in [7, 11) is 1.88. The van der Waals surface area contributed by atoms with E-state index in [-0.39, 0.29) is 0 Å². The van der Waals surface area contributed by atoms with Gasteiger partial charge < -0.3 is 0 Å². The molecule has 0 aliphatic carbocycles. The van der Waals surface area contributed by atoms with E-state index >= 15 is 0 Å².